The summed E-state index contributed by atoms with van der Waals surface area (Å²) in [6.07, 6.45) is 0.00209. The molecule has 1 unspecified atom stereocenters. The summed E-state index contributed by atoms with van der Waals surface area (Å²) in [5, 5.41) is 10.4. The summed E-state index contributed by atoms with van der Waals surface area (Å²) in [4.78, 5) is 0. The van der Waals surface area contributed by atoms with Gasteiger partial charge in [0.25, 0.3) is 0 Å². The van der Waals surface area contributed by atoms with Crippen LogP contribution < -0.4 is 4.74 Å². The van der Waals surface area contributed by atoms with Crippen molar-refractivity contribution in [2.75, 3.05) is 7.11 Å². The predicted molar refractivity (Wildman–Crippen MR) is 74.6 cm³/mol. The molecule has 0 amide bonds. The molecule has 2 aromatic rings. The number of rotatable bonds is 4. The minimum Gasteiger partial charge on any atom is -0.497 e. The van der Waals surface area contributed by atoms with Crippen molar-refractivity contribution < 1.29 is 14.3 Å². The third kappa shape index (κ3) is 2.82. The van der Waals surface area contributed by atoms with Crippen LogP contribution in [0.2, 0.25) is 0 Å². The van der Waals surface area contributed by atoms with Gasteiger partial charge in [-0.15, -0.1) is 0 Å². The van der Waals surface area contributed by atoms with Gasteiger partial charge in [-0.1, -0.05) is 12.1 Å². The minimum atomic E-state index is -0.551. The molecule has 0 bridgehead atoms. The van der Waals surface area contributed by atoms with Gasteiger partial charge in [0.15, 0.2) is 0 Å². The van der Waals surface area contributed by atoms with Crippen molar-refractivity contribution in [1.29, 1.82) is 0 Å². The monoisotopic (exact) mass is 260 g/mol. The zero-order chi connectivity index (χ0) is 14.0. The molecule has 0 fully saturated rings. The second-order valence-electron chi connectivity index (χ2n) is 4.82. The summed E-state index contributed by atoms with van der Waals surface area (Å²) in [6, 6.07) is 7.76. The fraction of sp³-hybridized carbons (Fsp3) is 0.375. The maximum absolute atomic E-state index is 10.4. The second kappa shape index (κ2) is 5.49. The first-order chi connectivity index (χ1) is 9.02. The Balaban J connectivity index is 2.22. The number of ether oxygens (including phenoxy) is 1. The van der Waals surface area contributed by atoms with E-state index in [2.05, 4.69) is 0 Å². The number of furan rings is 1. The molecule has 0 saturated carbocycles. The SMILES string of the molecule is COc1cccc(CC(O)c2c(C)oc(C)c2C)c1. The molecule has 0 aliphatic carbocycles. The van der Waals surface area contributed by atoms with E-state index in [1.54, 1.807) is 7.11 Å². The highest BCUT2D eigenvalue weighted by Crippen LogP contribution is 2.29. The topological polar surface area (TPSA) is 42.6 Å². The van der Waals surface area contributed by atoms with Crippen LogP contribution in [-0.4, -0.2) is 12.2 Å². The molecule has 0 aliphatic heterocycles. The van der Waals surface area contributed by atoms with Gasteiger partial charge in [0.1, 0.15) is 17.3 Å². The molecule has 19 heavy (non-hydrogen) atoms. The van der Waals surface area contributed by atoms with Crippen LogP contribution >= 0.6 is 0 Å². The smallest absolute Gasteiger partial charge is 0.119 e. The number of benzene rings is 1. The van der Waals surface area contributed by atoms with Crippen LogP contribution in [0.25, 0.3) is 0 Å². The van der Waals surface area contributed by atoms with Crippen molar-refractivity contribution in [3.63, 3.8) is 0 Å². The van der Waals surface area contributed by atoms with Crippen molar-refractivity contribution >= 4 is 0 Å². The lowest BCUT2D eigenvalue weighted by molar-refractivity contribution is 0.175. The molecule has 0 radical (unpaired) electrons. The molecule has 1 aromatic heterocycles. The van der Waals surface area contributed by atoms with Gasteiger partial charge in [0.2, 0.25) is 0 Å². The number of methoxy groups -OCH3 is 1. The lowest BCUT2D eigenvalue weighted by Gasteiger charge is -2.12. The van der Waals surface area contributed by atoms with Gasteiger partial charge in [0, 0.05) is 12.0 Å². The molecule has 102 valence electrons. The molecule has 1 aromatic carbocycles. The summed E-state index contributed by atoms with van der Waals surface area (Å²) in [5.41, 5.74) is 2.98. The van der Waals surface area contributed by atoms with E-state index >= 15 is 0 Å². The van der Waals surface area contributed by atoms with Crippen molar-refractivity contribution in [2.45, 2.75) is 33.3 Å². The van der Waals surface area contributed by atoms with Crippen LogP contribution in [0.15, 0.2) is 28.7 Å². The van der Waals surface area contributed by atoms with Gasteiger partial charge in [-0.2, -0.15) is 0 Å². The highest BCUT2D eigenvalue weighted by molar-refractivity contribution is 5.35. The Labute approximate surface area is 113 Å². The zero-order valence-electron chi connectivity index (χ0n) is 11.9. The van der Waals surface area contributed by atoms with E-state index in [-0.39, 0.29) is 0 Å². The van der Waals surface area contributed by atoms with Crippen LogP contribution in [0.4, 0.5) is 0 Å². The third-order valence-corrected chi connectivity index (χ3v) is 3.51. The van der Waals surface area contributed by atoms with Gasteiger partial charge in [-0.3, -0.25) is 0 Å². The van der Waals surface area contributed by atoms with E-state index in [1.165, 1.54) is 0 Å². The average Bonchev–Trinajstić information content (AvgIpc) is 2.63. The average molecular weight is 260 g/mol. The number of aliphatic hydroxyl groups excluding tert-OH is 1. The molecule has 0 spiro atoms. The highest BCUT2D eigenvalue weighted by atomic mass is 16.5. The van der Waals surface area contributed by atoms with Crippen LogP contribution in [0.1, 0.15) is 34.3 Å². The van der Waals surface area contributed by atoms with Gasteiger partial charge in [0.05, 0.1) is 13.2 Å². The Morgan fingerprint density at radius 1 is 1.21 bits per heavy atom. The first-order valence-corrected chi connectivity index (χ1v) is 6.40. The second-order valence-corrected chi connectivity index (χ2v) is 4.82. The molecule has 2 rings (SSSR count). The maximum Gasteiger partial charge on any atom is 0.119 e. The van der Waals surface area contributed by atoms with Crippen molar-refractivity contribution in [3.8, 4) is 5.75 Å². The van der Waals surface area contributed by atoms with Gasteiger partial charge in [-0.25, -0.2) is 0 Å². The van der Waals surface area contributed by atoms with Gasteiger partial charge < -0.3 is 14.3 Å². The molecule has 1 atom stereocenters. The molecule has 0 saturated heterocycles. The molecule has 3 nitrogen and oxygen atoms in total. The standard InChI is InChI=1S/C16H20O3/c1-10-11(2)19-12(3)16(10)15(17)9-13-6-5-7-14(8-13)18-4/h5-8,15,17H,9H2,1-4H3. The van der Waals surface area contributed by atoms with E-state index in [1.807, 2.05) is 45.0 Å². The molecule has 1 heterocycles. The van der Waals surface area contributed by atoms with Crippen LogP contribution in [0, 0.1) is 20.8 Å². The fourth-order valence-corrected chi connectivity index (χ4v) is 2.42. The van der Waals surface area contributed by atoms with Crippen LogP contribution in [-0.2, 0) is 6.42 Å². The van der Waals surface area contributed by atoms with Gasteiger partial charge >= 0.3 is 0 Å². The molecular formula is C16H20O3. The molecule has 0 aliphatic rings. The van der Waals surface area contributed by atoms with E-state index in [9.17, 15) is 5.11 Å². The molecular weight excluding hydrogens is 240 g/mol. The summed E-state index contributed by atoms with van der Waals surface area (Å²) >= 11 is 0. The summed E-state index contributed by atoms with van der Waals surface area (Å²) in [7, 11) is 1.64. The lowest BCUT2D eigenvalue weighted by Crippen LogP contribution is -2.04. The van der Waals surface area contributed by atoms with E-state index in [4.69, 9.17) is 9.15 Å². The van der Waals surface area contributed by atoms with Crippen LogP contribution in [0.5, 0.6) is 5.75 Å². The summed E-state index contributed by atoms with van der Waals surface area (Å²) < 4.78 is 10.8. The van der Waals surface area contributed by atoms with Crippen molar-refractivity contribution in [2.24, 2.45) is 0 Å². The Morgan fingerprint density at radius 2 is 1.95 bits per heavy atom. The first kappa shape index (κ1) is 13.7. The van der Waals surface area contributed by atoms with E-state index in [0.29, 0.717) is 6.42 Å². The fourth-order valence-electron chi connectivity index (χ4n) is 2.42. The Kier molecular flexibility index (Phi) is 3.96. The summed E-state index contributed by atoms with van der Waals surface area (Å²) in [5.74, 6) is 2.48. The summed E-state index contributed by atoms with van der Waals surface area (Å²) in [6.45, 7) is 5.80. The maximum atomic E-state index is 10.4. The predicted octanol–water partition coefficient (Wildman–Crippen LogP) is 3.49. The first-order valence-electron chi connectivity index (χ1n) is 6.40. The lowest BCUT2D eigenvalue weighted by atomic mass is 9.98. The number of hydrogen-bond donors (Lipinski definition) is 1. The third-order valence-electron chi connectivity index (χ3n) is 3.51. The largest absolute Gasteiger partial charge is 0.497 e. The normalized spacial score (nSPS) is 12.5. The van der Waals surface area contributed by atoms with Crippen LogP contribution in [0.3, 0.4) is 0 Å². The number of hydrogen-bond acceptors (Lipinski definition) is 3. The Hall–Kier alpha value is -1.74. The molecule has 3 heteroatoms. The zero-order valence-corrected chi connectivity index (χ0v) is 11.9. The quantitative estimate of drug-likeness (QED) is 0.915. The van der Waals surface area contributed by atoms with Gasteiger partial charge in [-0.05, 0) is 44.0 Å². The number of aliphatic hydroxyl groups is 1. The minimum absolute atomic E-state index is 0.551. The molecule has 1 N–H and O–H groups in total. The Morgan fingerprint density at radius 3 is 2.53 bits per heavy atom. The van der Waals surface area contributed by atoms with E-state index < -0.39 is 6.10 Å². The highest BCUT2D eigenvalue weighted by Gasteiger charge is 2.19. The number of aryl methyl sites for hydroxylation is 2. The van der Waals surface area contributed by atoms with E-state index in [0.717, 1.165) is 34.0 Å². The Bertz CT molecular complexity index is 569. The van der Waals surface area contributed by atoms with Crippen molar-refractivity contribution in [1.82, 2.24) is 0 Å². The van der Waals surface area contributed by atoms with Crippen molar-refractivity contribution in [3.05, 3.63) is 52.5 Å².